The summed E-state index contributed by atoms with van der Waals surface area (Å²) < 4.78 is 27.8. The Bertz CT molecular complexity index is 625. The number of aryl methyl sites for hydroxylation is 1. The van der Waals surface area contributed by atoms with Crippen molar-refractivity contribution in [3.63, 3.8) is 0 Å². The van der Waals surface area contributed by atoms with Crippen molar-refractivity contribution in [1.82, 2.24) is 5.32 Å². The molecule has 0 spiro atoms. The zero-order chi connectivity index (χ0) is 15.8. The Kier molecular flexibility index (Phi) is 4.19. The lowest BCUT2D eigenvalue weighted by molar-refractivity contribution is 0.0950. The van der Waals surface area contributed by atoms with Crippen molar-refractivity contribution in [1.29, 1.82) is 0 Å². The maximum atomic E-state index is 12.1. The van der Waals surface area contributed by atoms with Crippen molar-refractivity contribution in [3.8, 4) is 0 Å². The summed E-state index contributed by atoms with van der Waals surface area (Å²) in [6.07, 6.45) is 0.702. The molecule has 1 N–H and O–H groups in total. The van der Waals surface area contributed by atoms with Gasteiger partial charge in [0.15, 0.2) is 9.84 Å². The van der Waals surface area contributed by atoms with Gasteiger partial charge in [-0.15, -0.1) is 0 Å². The van der Waals surface area contributed by atoms with Gasteiger partial charge in [-0.25, -0.2) is 8.42 Å². The second-order valence-electron chi connectivity index (χ2n) is 6.82. The Morgan fingerprint density at radius 3 is 2.48 bits per heavy atom. The van der Waals surface area contributed by atoms with Crippen LogP contribution in [0.4, 0.5) is 0 Å². The van der Waals surface area contributed by atoms with Crippen LogP contribution in [0.3, 0.4) is 0 Å². The lowest BCUT2D eigenvalue weighted by atomic mass is 9.93. The molecule has 118 valence electrons. The van der Waals surface area contributed by atoms with E-state index in [9.17, 15) is 13.2 Å². The Morgan fingerprint density at radius 1 is 1.38 bits per heavy atom. The van der Waals surface area contributed by atoms with Crippen LogP contribution in [0.25, 0.3) is 0 Å². The van der Waals surface area contributed by atoms with Gasteiger partial charge in [0.05, 0.1) is 17.1 Å². The zero-order valence-electron chi connectivity index (χ0n) is 13.0. The summed E-state index contributed by atoms with van der Waals surface area (Å²) in [5.41, 5.74) is 0.421. The Labute approximate surface area is 126 Å². The number of furan rings is 1. The first kappa shape index (κ1) is 16.1. The summed E-state index contributed by atoms with van der Waals surface area (Å²) in [7, 11) is -2.78. The lowest BCUT2D eigenvalue weighted by Crippen LogP contribution is -2.38. The molecule has 2 rings (SSSR count). The largest absolute Gasteiger partial charge is 0.465 e. The SMILES string of the molecule is Cc1oc(C(C)(C)C)cc1C(=O)NCCC1CS(=O)(=O)C1. The minimum Gasteiger partial charge on any atom is -0.465 e. The molecule has 1 amide bonds. The van der Waals surface area contributed by atoms with Gasteiger partial charge in [-0.1, -0.05) is 20.8 Å². The average Bonchev–Trinajstić information content (AvgIpc) is 2.68. The fourth-order valence-electron chi connectivity index (χ4n) is 2.40. The van der Waals surface area contributed by atoms with Crippen LogP contribution in [-0.4, -0.2) is 32.4 Å². The van der Waals surface area contributed by atoms with E-state index in [4.69, 9.17) is 4.42 Å². The van der Waals surface area contributed by atoms with Gasteiger partial charge in [0.25, 0.3) is 5.91 Å². The molecule has 0 atom stereocenters. The van der Waals surface area contributed by atoms with Crippen LogP contribution in [0, 0.1) is 12.8 Å². The summed E-state index contributed by atoms with van der Waals surface area (Å²) in [5.74, 6) is 1.93. The maximum Gasteiger partial charge on any atom is 0.254 e. The fourth-order valence-corrected chi connectivity index (χ4v) is 4.07. The van der Waals surface area contributed by atoms with Gasteiger partial charge in [-0.2, -0.15) is 0 Å². The third-order valence-electron chi connectivity index (χ3n) is 3.72. The molecule has 0 aromatic carbocycles. The molecule has 0 radical (unpaired) electrons. The zero-order valence-corrected chi connectivity index (χ0v) is 13.8. The predicted molar refractivity (Wildman–Crippen MR) is 81.2 cm³/mol. The van der Waals surface area contributed by atoms with Crippen molar-refractivity contribution in [3.05, 3.63) is 23.2 Å². The molecular weight excluding hydrogens is 290 g/mol. The van der Waals surface area contributed by atoms with E-state index in [0.29, 0.717) is 24.3 Å². The summed E-state index contributed by atoms with van der Waals surface area (Å²) >= 11 is 0. The van der Waals surface area contributed by atoms with Crippen molar-refractivity contribution < 1.29 is 17.6 Å². The maximum absolute atomic E-state index is 12.1. The number of carbonyl (C=O) groups is 1. The topological polar surface area (TPSA) is 76.4 Å². The van der Waals surface area contributed by atoms with E-state index in [1.807, 2.05) is 20.8 Å². The highest BCUT2D eigenvalue weighted by Crippen LogP contribution is 2.27. The van der Waals surface area contributed by atoms with Gasteiger partial charge in [-0.3, -0.25) is 4.79 Å². The van der Waals surface area contributed by atoms with Gasteiger partial charge in [0.1, 0.15) is 11.5 Å². The second-order valence-corrected chi connectivity index (χ2v) is 8.97. The van der Waals surface area contributed by atoms with E-state index in [0.717, 1.165) is 5.76 Å². The van der Waals surface area contributed by atoms with E-state index in [2.05, 4.69) is 5.32 Å². The van der Waals surface area contributed by atoms with E-state index in [1.54, 1.807) is 13.0 Å². The van der Waals surface area contributed by atoms with Crippen LogP contribution < -0.4 is 5.32 Å². The first-order valence-corrected chi connectivity index (χ1v) is 9.00. The van der Waals surface area contributed by atoms with E-state index >= 15 is 0 Å². The highest BCUT2D eigenvalue weighted by atomic mass is 32.2. The van der Waals surface area contributed by atoms with E-state index in [-0.39, 0.29) is 28.7 Å². The summed E-state index contributed by atoms with van der Waals surface area (Å²) in [6, 6.07) is 1.79. The highest BCUT2D eigenvalue weighted by Gasteiger charge is 2.32. The molecule has 0 aliphatic carbocycles. The van der Waals surface area contributed by atoms with Crippen LogP contribution in [0.2, 0.25) is 0 Å². The van der Waals surface area contributed by atoms with Crippen LogP contribution in [-0.2, 0) is 15.3 Å². The molecule has 0 bridgehead atoms. The fraction of sp³-hybridized carbons (Fsp3) is 0.667. The molecule has 5 nitrogen and oxygen atoms in total. The molecule has 0 saturated carbocycles. The van der Waals surface area contributed by atoms with Crippen LogP contribution in [0.15, 0.2) is 10.5 Å². The number of rotatable bonds is 4. The van der Waals surface area contributed by atoms with Crippen molar-refractivity contribution >= 4 is 15.7 Å². The molecule has 1 aromatic rings. The standard InChI is InChI=1S/C15H23NO4S/c1-10-12(7-13(20-10)15(2,3)4)14(17)16-6-5-11-8-21(18,19)9-11/h7,11H,5-6,8-9H2,1-4H3,(H,16,17). The van der Waals surface area contributed by atoms with Crippen molar-refractivity contribution in [2.24, 2.45) is 5.92 Å². The van der Waals surface area contributed by atoms with Gasteiger partial charge in [-0.05, 0) is 25.3 Å². The van der Waals surface area contributed by atoms with E-state index < -0.39 is 9.84 Å². The number of hydrogen-bond acceptors (Lipinski definition) is 4. The van der Waals surface area contributed by atoms with Crippen LogP contribution in [0.1, 0.15) is 49.1 Å². The normalized spacial score (nSPS) is 18.3. The molecule has 1 fully saturated rings. The van der Waals surface area contributed by atoms with Crippen molar-refractivity contribution in [2.75, 3.05) is 18.1 Å². The monoisotopic (exact) mass is 313 g/mol. The minimum atomic E-state index is -2.78. The Hall–Kier alpha value is -1.30. The Morgan fingerprint density at radius 2 is 2.00 bits per heavy atom. The first-order chi connectivity index (χ1) is 9.58. The van der Waals surface area contributed by atoms with E-state index in [1.165, 1.54) is 0 Å². The highest BCUT2D eigenvalue weighted by molar-refractivity contribution is 7.92. The van der Waals surface area contributed by atoms with Crippen LogP contribution >= 0.6 is 0 Å². The lowest BCUT2D eigenvalue weighted by Gasteiger charge is -2.25. The smallest absolute Gasteiger partial charge is 0.254 e. The number of amides is 1. The third kappa shape index (κ3) is 3.87. The summed E-state index contributed by atoms with van der Waals surface area (Å²) in [6.45, 7) is 8.37. The number of hydrogen-bond donors (Lipinski definition) is 1. The quantitative estimate of drug-likeness (QED) is 0.923. The summed E-state index contributed by atoms with van der Waals surface area (Å²) in [4.78, 5) is 12.1. The Balaban J connectivity index is 1.88. The molecule has 6 heteroatoms. The first-order valence-electron chi connectivity index (χ1n) is 7.18. The average molecular weight is 313 g/mol. The second kappa shape index (κ2) is 5.48. The number of nitrogens with one attached hydrogen (secondary N) is 1. The molecule has 21 heavy (non-hydrogen) atoms. The van der Waals surface area contributed by atoms with Crippen LogP contribution in [0.5, 0.6) is 0 Å². The van der Waals surface area contributed by atoms with Crippen molar-refractivity contribution in [2.45, 2.75) is 39.5 Å². The molecule has 2 heterocycles. The third-order valence-corrected chi connectivity index (χ3v) is 5.68. The summed E-state index contributed by atoms with van der Waals surface area (Å²) in [5, 5.41) is 2.84. The van der Waals surface area contributed by atoms with Gasteiger partial charge >= 0.3 is 0 Å². The minimum absolute atomic E-state index is 0.135. The molecule has 0 unspecified atom stereocenters. The molecule has 1 aromatic heterocycles. The molecular formula is C15H23NO4S. The predicted octanol–water partition coefficient (Wildman–Crippen LogP) is 2.05. The molecule has 1 aliphatic heterocycles. The van der Waals surface area contributed by atoms with Gasteiger partial charge in [0, 0.05) is 12.0 Å². The number of sulfone groups is 1. The molecule has 1 aliphatic rings. The molecule has 1 saturated heterocycles. The van der Waals surface area contributed by atoms with Gasteiger partial charge in [0.2, 0.25) is 0 Å². The number of carbonyl (C=O) groups excluding carboxylic acids is 1. The van der Waals surface area contributed by atoms with Gasteiger partial charge < -0.3 is 9.73 Å².